The van der Waals surface area contributed by atoms with E-state index in [1.54, 1.807) is 13.0 Å². The fraction of sp³-hybridized carbons (Fsp3) is 0.538. The van der Waals surface area contributed by atoms with Crippen LogP contribution >= 0.6 is 12.0 Å². The molecular formula is C13H20N2O4S. The molecule has 0 saturated heterocycles. The Morgan fingerprint density at radius 2 is 2.05 bits per heavy atom. The Kier molecular flexibility index (Phi) is 9.55. The average Bonchev–Trinajstić information content (AvgIpc) is 2.40. The summed E-state index contributed by atoms with van der Waals surface area (Å²) >= 11 is 0.344. The highest BCUT2D eigenvalue weighted by Crippen LogP contribution is 2.05. The van der Waals surface area contributed by atoms with E-state index in [0.29, 0.717) is 24.1 Å². The van der Waals surface area contributed by atoms with Crippen LogP contribution in [0.15, 0.2) is 11.8 Å². The van der Waals surface area contributed by atoms with Crippen molar-refractivity contribution in [3.63, 3.8) is 0 Å². The molecule has 7 heteroatoms. The highest BCUT2D eigenvalue weighted by Gasteiger charge is 2.23. The Bertz CT molecular complexity index is 412. The number of hydrogen-bond donors (Lipinski definition) is 4. The molecule has 1 unspecified atom stereocenters. The van der Waals surface area contributed by atoms with Crippen LogP contribution in [0.2, 0.25) is 0 Å². The van der Waals surface area contributed by atoms with Gasteiger partial charge in [-0.1, -0.05) is 25.8 Å². The number of rotatable bonds is 7. The molecule has 112 valence electrons. The minimum Gasteiger partial charge on any atom is -0.390 e. The first kappa shape index (κ1) is 18.5. The molecule has 0 aliphatic carbocycles. The topological polar surface area (TPSA) is 98.7 Å². The minimum absolute atomic E-state index is 0.165. The van der Waals surface area contributed by atoms with E-state index in [4.69, 9.17) is 4.55 Å². The second-order valence-corrected chi connectivity index (χ2v) is 4.86. The van der Waals surface area contributed by atoms with Gasteiger partial charge >= 0.3 is 0 Å². The van der Waals surface area contributed by atoms with Crippen LogP contribution in [-0.4, -0.2) is 34.6 Å². The van der Waals surface area contributed by atoms with Gasteiger partial charge in [-0.3, -0.25) is 9.59 Å². The number of allylic oxidation sites excluding steroid dienone is 1. The number of aliphatic hydroxyl groups excluding tert-OH is 1. The predicted octanol–water partition coefficient (Wildman–Crippen LogP) is 0.553. The highest BCUT2D eigenvalue weighted by molar-refractivity contribution is 7.98. The molecule has 2 amide bonds. The van der Waals surface area contributed by atoms with Gasteiger partial charge in [-0.25, -0.2) is 0 Å². The van der Waals surface area contributed by atoms with Crippen molar-refractivity contribution < 1.29 is 19.2 Å². The zero-order valence-electron chi connectivity index (χ0n) is 11.7. The molecule has 0 bridgehead atoms. The van der Waals surface area contributed by atoms with Crippen molar-refractivity contribution in [1.29, 1.82) is 0 Å². The summed E-state index contributed by atoms with van der Waals surface area (Å²) in [6, 6.07) is -0.866. The van der Waals surface area contributed by atoms with Crippen LogP contribution in [0.4, 0.5) is 0 Å². The molecule has 0 rings (SSSR count). The number of aliphatic hydroxyl groups is 1. The van der Waals surface area contributed by atoms with Crippen LogP contribution in [0.1, 0.15) is 20.8 Å². The average molecular weight is 300 g/mol. The van der Waals surface area contributed by atoms with Gasteiger partial charge in [0.25, 0.3) is 0 Å². The third-order valence-electron chi connectivity index (χ3n) is 2.35. The standard InChI is InChI=1S/C13H20N2O4S/c1-9(2)6-11(7-16)15-13(18)12(14-8-17)10(3)4-5-20-19/h6,8-10,12,16,19H,7H2,1-3H3,(H,14,17)(H,15,18)/b11-6+/t10?,12-/m0/s1. The van der Waals surface area contributed by atoms with Crippen LogP contribution in [0.25, 0.3) is 0 Å². The van der Waals surface area contributed by atoms with E-state index in [0.717, 1.165) is 0 Å². The SMILES string of the molecule is CC(C)/C=C(\CO)NC(=O)[C@@H](NC=O)C(C)C#CSO. The van der Waals surface area contributed by atoms with Crippen LogP contribution in [0.3, 0.4) is 0 Å². The highest BCUT2D eigenvalue weighted by atomic mass is 32.2. The molecular weight excluding hydrogens is 280 g/mol. The molecule has 0 saturated carbocycles. The molecule has 0 aliphatic heterocycles. The van der Waals surface area contributed by atoms with E-state index in [1.165, 1.54) is 0 Å². The molecule has 0 aromatic heterocycles. The van der Waals surface area contributed by atoms with Gasteiger partial charge in [-0.2, -0.15) is 0 Å². The second-order valence-electron chi connectivity index (χ2n) is 4.47. The van der Waals surface area contributed by atoms with Crippen LogP contribution in [0.5, 0.6) is 0 Å². The number of hydrogen-bond acceptors (Lipinski definition) is 5. The van der Waals surface area contributed by atoms with Crippen molar-refractivity contribution in [2.75, 3.05) is 6.61 Å². The Balaban J connectivity index is 4.92. The fourth-order valence-electron chi connectivity index (χ4n) is 1.50. The second kappa shape index (κ2) is 10.3. The lowest BCUT2D eigenvalue weighted by Gasteiger charge is -2.19. The van der Waals surface area contributed by atoms with Gasteiger partial charge in [0.2, 0.25) is 12.3 Å². The summed E-state index contributed by atoms with van der Waals surface area (Å²) in [4.78, 5) is 22.6. The molecule has 0 radical (unpaired) electrons. The van der Waals surface area contributed by atoms with E-state index in [2.05, 4.69) is 21.8 Å². The fourth-order valence-corrected chi connectivity index (χ4v) is 1.73. The Labute approximate surface area is 123 Å². The van der Waals surface area contributed by atoms with Crippen molar-refractivity contribution in [3.8, 4) is 11.2 Å². The Hall–Kier alpha value is -1.49. The molecule has 2 atom stereocenters. The Morgan fingerprint density at radius 1 is 1.40 bits per heavy atom. The molecule has 0 spiro atoms. The first-order chi connectivity index (χ1) is 9.46. The number of carbonyl (C=O) groups excluding carboxylic acids is 2. The van der Waals surface area contributed by atoms with Crippen molar-refractivity contribution >= 4 is 24.4 Å². The molecule has 0 heterocycles. The van der Waals surface area contributed by atoms with Crippen molar-refractivity contribution in [2.24, 2.45) is 11.8 Å². The van der Waals surface area contributed by atoms with Crippen molar-refractivity contribution in [1.82, 2.24) is 10.6 Å². The smallest absolute Gasteiger partial charge is 0.248 e. The maximum Gasteiger partial charge on any atom is 0.248 e. The molecule has 0 aromatic rings. The third kappa shape index (κ3) is 7.19. The Morgan fingerprint density at radius 3 is 2.50 bits per heavy atom. The molecule has 0 fully saturated rings. The van der Waals surface area contributed by atoms with Crippen LogP contribution < -0.4 is 10.6 Å². The van der Waals surface area contributed by atoms with Crippen molar-refractivity contribution in [3.05, 3.63) is 11.8 Å². The lowest BCUT2D eigenvalue weighted by molar-refractivity contribution is -0.125. The van der Waals surface area contributed by atoms with Crippen LogP contribution in [-0.2, 0) is 9.59 Å². The quantitative estimate of drug-likeness (QED) is 0.313. The lowest BCUT2D eigenvalue weighted by atomic mass is 10.0. The van der Waals surface area contributed by atoms with Crippen LogP contribution in [0, 0.1) is 23.0 Å². The van der Waals surface area contributed by atoms with Gasteiger partial charge < -0.3 is 20.3 Å². The molecule has 0 aliphatic rings. The number of nitrogens with one attached hydrogen (secondary N) is 2. The summed E-state index contributed by atoms with van der Waals surface area (Å²) in [7, 11) is 0. The maximum atomic E-state index is 12.1. The van der Waals surface area contributed by atoms with E-state index < -0.39 is 17.9 Å². The summed E-state index contributed by atoms with van der Waals surface area (Å²) in [6.45, 7) is 5.17. The summed E-state index contributed by atoms with van der Waals surface area (Å²) < 4.78 is 8.56. The largest absolute Gasteiger partial charge is 0.390 e. The summed E-state index contributed by atoms with van der Waals surface area (Å²) in [5.74, 6) is 1.84. The van der Waals surface area contributed by atoms with Crippen molar-refractivity contribution in [2.45, 2.75) is 26.8 Å². The minimum atomic E-state index is -0.866. The molecule has 0 aromatic carbocycles. The molecule has 4 N–H and O–H groups in total. The molecule has 6 nitrogen and oxygen atoms in total. The van der Waals surface area contributed by atoms with E-state index >= 15 is 0 Å². The summed E-state index contributed by atoms with van der Waals surface area (Å²) in [6.07, 6.45) is 2.13. The zero-order valence-corrected chi connectivity index (χ0v) is 12.5. The van der Waals surface area contributed by atoms with E-state index in [1.807, 2.05) is 13.8 Å². The van der Waals surface area contributed by atoms with Gasteiger partial charge in [-0.05, 0) is 18.1 Å². The summed E-state index contributed by atoms with van der Waals surface area (Å²) in [5, 5.41) is 16.5. The molecule has 20 heavy (non-hydrogen) atoms. The van der Waals surface area contributed by atoms with Gasteiger partial charge in [0, 0.05) is 11.6 Å². The van der Waals surface area contributed by atoms with E-state index in [9.17, 15) is 14.7 Å². The van der Waals surface area contributed by atoms with Gasteiger partial charge in [0.15, 0.2) is 0 Å². The number of carbonyl (C=O) groups is 2. The third-order valence-corrected chi connectivity index (χ3v) is 2.56. The lowest BCUT2D eigenvalue weighted by Crippen LogP contribution is -2.47. The number of amides is 2. The first-order valence-corrected chi connectivity index (χ1v) is 6.86. The van der Waals surface area contributed by atoms with Gasteiger partial charge in [0.1, 0.15) is 6.04 Å². The normalized spacial score (nSPS) is 14.0. The summed E-state index contributed by atoms with van der Waals surface area (Å²) in [5.41, 5.74) is 0.374. The zero-order chi connectivity index (χ0) is 15.5. The van der Waals surface area contributed by atoms with E-state index in [-0.39, 0.29) is 12.5 Å². The van der Waals surface area contributed by atoms with Gasteiger partial charge in [-0.15, -0.1) is 0 Å². The van der Waals surface area contributed by atoms with Gasteiger partial charge in [0.05, 0.1) is 18.6 Å². The maximum absolute atomic E-state index is 12.1. The first-order valence-electron chi connectivity index (χ1n) is 6.09. The monoisotopic (exact) mass is 300 g/mol. The predicted molar refractivity (Wildman–Crippen MR) is 78.3 cm³/mol.